The molecule has 1 aliphatic rings. The summed E-state index contributed by atoms with van der Waals surface area (Å²) < 4.78 is 13.2. The molecule has 1 heterocycles. The zero-order chi connectivity index (χ0) is 13.1. The molecule has 1 aromatic rings. The SMILES string of the molecule is CC1CCCN(C(=O)Nc2ccc(N)c(F)c2)C1. The number of rotatable bonds is 1. The van der Waals surface area contributed by atoms with Gasteiger partial charge in [-0.15, -0.1) is 0 Å². The Morgan fingerprint density at radius 2 is 2.33 bits per heavy atom. The Bertz CT molecular complexity index is 450. The van der Waals surface area contributed by atoms with Crippen molar-refractivity contribution in [2.24, 2.45) is 5.92 Å². The first-order valence-corrected chi connectivity index (χ1v) is 6.17. The predicted octanol–water partition coefficient (Wildman–Crippen LogP) is 2.67. The van der Waals surface area contributed by atoms with E-state index in [0.717, 1.165) is 25.9 Å². The minimum Gasteiger partial charge on any atom is -0.396 e. The number of anilines is 2. The summed E-state index contributed by atoms with van der Waals surface area (Å²) in [5.41, 5.74) is 5.90. The summed E-state index contributed by atoms with van der Waals surface area (Å²) in [6, 6.07) is 4.11. The minimum atomic E-state index is -0.514. The lowest BCUT2D eigenvalue weighted by Gasteiger charge is -2.30. The van der Waals surface area contributed by atoms with E-state index in [2.05, 4.69) is 12.2 Å². The molecule has 18 heavy (non-hydrogen) atoms. The summed E-state index contributed by atoms with van der Waals surface area (Å²) in [5.74, 6) is 0.00691. The van der Waals surface area contributed by atoms with Gasteiger partial charge < -0.3 is 16.0 Å². The van der Waals surface area contributed by atoms with Gasteiger partial charge in [-0.25, -0.2) is 9.18 Å². The molecule has 0 spiro atoms. The van der Waals surface area contributed by atoms with Crippen molar-refractivity contribution in [1.82, 2.24) is 4.90 Å². The highest BCUT2D eigenvalue weighted by molar-refractivity contribution is 5.89. The zero-order valence-electron chi connectivity index (χ0n) is 10.4. The first-order chi connectivity index (χ1) is 8.56. The largest absolute Gasteiger partial charge is 0.396 e. The van der Waals surface area contributed by atoms with Crippen LogP contribution in [0.4, 0.5) is 20.6 Å². The van der Waals surface area contributed by atoms with E-state index < -0.39 is 5.82 Å². The van der Waals surface area contributed by atoms with Crippen LogP contribution in [0.5, 0.6) is 0 Å². The average Bonchev–Trinajstić information content (AvgIpc) is 2.34. The minimum absolute atomic E-state index is 0.0830. The number of hydrogen-bond donors (Lipinski definition) is 2. The Morgan fingerprint density at radius 3 is 3.00 bits per heavy atom. The van der Waals surface area contributed by atoms with E-state index in [0.29, 0.717) is 11.6 Å². The van der Waals surface area contributed by atoms with Crippen LogP contribution >= 0.6 is 0 Å². The summed E-state index contributed by atoms with van der Waals surface area (Å²) in [4.78, 5) is 13.7. The van der Waals surface area contributed by atoms with E-state index in [4.69, 9.17) is 5.73 Å². The van der Waals surface area contributed by atoms with E-state index in [9.17, 15) is 9.18 Å². The van der Waals surface area contributed by atoms with Crippen LogP contribution < -0.4 is 11.1 Å². The maximum atomic E-state index is 13.2. The first-order valence-electron chi connectivity index (χ1n) is 6.17. The molecule has 1 unspecified atom stereocenters. The number of nitrogen functional groups attached to an aromatic ring is 1. The van der Waals surface area contributed by atoms with Gasteiger partial charge in [-0.3, -0.25) is 0 Å². The molecule has 4 nitrogen and oxygen atoms in total. The lowest BCUT2D eigenvalue weighted by atomic mass is 10.0. The number of nitrogens with two attached hydrogens (primary N) is 1. The highest BCUT2D eigenvalue weighted by Gasteiger charge is 2.20. The molecule has 0 aliphatic carbocycles. The number of carbonyl (C=O) groups is 1. The third-order valence-corrected chi connectivity index (χ3v) is 3.20. The van der Waals surface area contributed by atoms with E-state index in [1.807, 2.05) is 0 Å². The predicted molar refractivity (Wildman–Crippen MR) is 69.8 cm³/mol. The average molecular weight is 251 g/mol. The van der Waals surface area contributed by atoms with Crippen LogP contribution in [0, 0.1) is 11.7 Å². The second-order valence-corrected chi connectivity index (χ2v) is 4.86. The zero-order valence-corrected chi connectivity index (χ0v) is 10.4. The third kappa shape index (κ3) is 2.91. The third-order valence-electron chi connectivity index (χ3n) is 3.20. The Labute approximate surface area is 106 Å². The number of halogens is 1. The standard InChI is InChI=1S/C13H18FN3O/c1-9-3-2-6-17(8-9)13(18)16-10-4-5-12(15)11(14)7-10/h4-5,7,9H,2-3,6,8,15H2,1H3,(H,16,18). The summed E-state index contributed by atoms with van der Waals surface area (Å²) in [6.07, 6.45) is 2.17. The maximum Gasteiger partial charge on any atom is 0.321 e. The molecular formula is C13H18FN3O. The van der Waals surface area contributed by atoms with E-state index in [1.54, 1.807) is 11.0 Å². The molecule has 1 aromatic carbocycles. The van der Waals surface area contributed by atoms with Gasteiger partial charge in [0.25, 0.3) is 0 Å². The van der Waals surface area contributed by atoms with Gasteiger partial charge in [0, 0.05) is 18.8 Å². The summed E-state index contributed by atoms with van der Waals surface area (Å²) in [7, 11) is 0. The second kappa shape index (κ2) is 5.25. The van der Waals surface area contributed by atoms with E-state index >= 15 is 0 Å². The molecule has 0 aromatic heterocycles. The number of benzene rings is 1. The Balaban J connectivity index is 2.00. The van der Waals surface area contributed by atoms with Crippen molar-refractivity contribution in [2.45, 2.75) is 19.8 Å². The number of nitrogens with one attached hydrogen (secondary N) is 1. The van der Waals surface area contributed by atoms with E-state index in [1.165, 1.54) is 12.1 Å². The van der Waals surface area contributed by atoms with Gasteiger partial charge in [0.05, 0.1) is 5.69 Å². The molecule has 0 bridgehead atoms. The number of piperidine rings is 1. The Morgan fingerprint density at radius 1 is 1.56 bits per heavy atom. The van der Waals surface area contributed by atoms with Crippen LogP contribution in [-0.2, 0) is 0 Å². The number of likely N-dealkylation sites (tertiary alicyclic amines) is 1. The van der Waals surface area contributed by atoms with Crippen LogP contribution in [-0.4, -0.2) is 24.0 Å². The number of carbonyl (C=O) groups excluding carboxylic acids is 1. The molecule has 2 rings (SSSR count). The highest BCUT2D eigenvalue weighted by atomic mass is 19.1. The van der Waals surface area contributed by atoms with Gasteiger partial charge >= 0.3 is 6.03 Å². The lowest BCUT2D eigenvalue weighted by molar-refractivity contribution is 0.182. The van der Waals surface area contributed by atoms with Crippen LogP contribution in [0.3, 0.4) is 0 Å². The molecule has 1 saturated heterocycles. The fourth-order valence-corrected chi connectivity index (χ4v) is 2.18. The number of urea groups is 1. The van der Waals surface area contributed by atoms with Gasteiger partial charge in [0.2, 0.25) is 0 Å². The smallest absolute Gasteiger partial charge is 0.321 e. The van der Waals surface area contributed by atoms with Crippen molar-refractivity contribution < 1.29 is 9.18 Å². The normalized spacial score (nSPS) is 19.7. The molecular weight excluding hydrogens is 233 g/mol. The fourth-order valence-electron chi connectivity index (χ4n) is 2.18. The molecule has 2 amide bonds. The Kier molecular flexibility index (Phi) is 3.69. The lowest BCUT2D eigenvalue weighted by Crippen LogP contribution is -2.41. The van der Waals surface area contributed by atoms with Crippen molar-refractivity contribution in [3.8, 4) is 0 Å². The van der Waals surface area contributed by atoms with Gasteiger partial charge in [0.15, 0.2) is 0 Å². The molecule has 0 saturated carbocycles. The molecule has 0 radical (unpaired) electrons. The highest BCUT2D eigenvalue weighted by Crippen LogP contribution is 2.19. The van der Waals surface area contributed by atoms with Gasteiger partial charge in [-0.1, -0.05) is 6.92 Å². The topological polar surface area (TPSA) is 58.4 Å². The summed E-state index contributed by atoms with van der Waals surface area (Å²) in [5, 5.41) is 2.69. The first kappa shape index (κ1) is 12.7. The molecule has 5 heteroatoms. The van der Waals surface area contributed by atoms with Crippen LogP contribution in [0.15, 0.2) is 18.2 Å². The number of nitrogens with zero attached hydrogens (tertiary/aromatic N) is 1. The summed E-state index contributed by atoms with van der Waals surface area (Å²) >= 11 is 0. The second-order valence-electron chi connectivity index (χ2n) is 4.86. The van der Waals surface area contributed by atoms with Crippen molar-refractivity contribution in [2.75, 3.05) is 24.1 Å². The fraction of sp³-hybridized carbons (Fsp3) is 0.462. The van der Waals surface area contributed by atoms with Crippen molar-refractivity contribution in [3.05, 3.63) is 24.0 Å². The molecule has 1 aliphatic heterocycles. The van der Waals surface area contributed by atoms with Gasteiger partial charge in [-0.2, -0.15) is 0 Å². The van der Waals surface area contributed by atoms with Crippen LogP contribution in [0.1, 0.15) is 19.8 Å². The molecule has 98 valence electrons. The van der Waals surface area contributed by atoms with Crippen molar-refractivity contribution in [1.29, 1.82) is 0 Å². The van der Waals surface area contributed by atoms with Crippen LogP contribution in [0.2, 0.25) is 0 Å². The van der Waals surface area contributed by atoms with Crippen molar-refractivity contribution in [3.63, 3.8) is 0 Å². The monoisotopic (exact) mass is 251 g/mol. The van der Waals surface area contributed by atoms with E-state index in [-0.39, 0.29) is 11.7 Å². The molecule has 3 N–H and O–H groups in total. The molecule has 1 atom stereocenters. The quantitative estimate of drug-likeness (QED) is 0.754. The van der Waals surface area contributed by atoms with Gasteiger partial charge in [-0.05, 0) is 37.0 Å². The Hall–Kier alpha value is -1.78. The van der Waals surface area contributed by atoms with Gasteiger partial charge in [0.1, 0.15) is 5.82 Å². The van der Waals surface area contributed by atoms with Crippen molar-refractivity contribution >= 4 is 17.4 Å². The number of hydrogen-bond acceptors (Lipinski definition) is 2. The summed E-state index contributed by atoms with van der Waals surface area (Å²) in [6.45, 7) is 3.64. The van der Waals surface area contributed by atoms with Crippen LogP contribution in [0.25, 0.3) is 0 Å². The maximum absolute atomic E-state index is 13.2. The molecule has 1 fully saturated rings. The number of amides is 2.